The zero-order chi connectivity index (χ0) is 10.2. The van der Waals surface area contributed by atoms with Gasteiger partial charge in [0.25, 0.3) is 0 Å². The Labute approximate surface area is 83.8 Å². The molecule has 2 saturated carbocycles. The fourth-order valence-corrected chi connectivity index (χ4v) is 3.08. The lowest BCUT2D eigenvalue weighted by Gasteiger charge is -2.35. The number of hydrogen-bond acceptors (Lipinski definition) is 3. The Bertz CT molecular complexity index is 272. The molecule has 0 aromatic heterocycles. The minimum Gasteiger partial charge on any atom is -0.469 e. The van der Waals surface area contributed by atoms with Crippen LogP contribution < -0.4 is 0 Å². The number of carbonyl (C=O) groups excluding carboxylic acids is 2. The lowest BCUT2D eigenvalue weighted by atomic mass is 9.68. The van der Waals surface area contributed by atoms with Crippen LogP contribution in [0, 0.1) is 11.3 Å². The van der Waals surface area contributed by atoms with E-state index in [4.69, 9.17) is 4.74 Å². The van der Waals surface area contributed by atoms with Gasteiger partial charge in [0, 0.05) is 12.8 Å². The van der Waals surface area contributed by atoms with Crippen molar-refractivity contribution in [3.8, 4) is 0 Å². The molecule has 14 heavy (non-hydrogen) atoms. The van der Waals surface area contributed by atoms with Gasteiger partial charge in [-0.3, -0.25) is 9.59 Å². The average molecular weight is 196 g/mol. The van der Waals surface area contributed by atoms with E-state index < -0.39 is 5.41 Å². The number of rotatable bonds is 1. The summed E-state index contributed by atoms with van der Waals surface area (Å²) in [5, 5.41) is 0. The van der Waals surface area contributed by atoms with E-state index in [1.165, 1.54) is 7.11 Å². The van der Waals surface area contributed by atoms with Crippen molar-refractivity contribution >= 4 is 11.8 Å². The number of esters is 1. The summed E-state index contributed by atoms with van der Waals surface area (Å²) in [7, 11) is 1.42. The first-order chi connectivity index (χ1) is 6.69. The van der Waals surface area contributed by atoms with E-state index in [-0.39, 0.29) is 17.7 Å². The molecule has 2 fully saturated rings. The van der Waals surface area contributed by atoms with Gasteiger partial charge in [-0.1, -0.05) is 12.8 Å². The average Bonchev–Trinajstić information content (AvgIpc) is 2.53. The van der Waals surface area contributed by atoms with Gasteiger partial charge in [-0.15, -0.1) is 0 Å². The van der Waals surface area contributed by atoms with E-state index in [0.717, 1.165) is 25.7 Å². The quantitative estimate of drug-likeness (QED) is 0.599. The number of Topliss-reactive ketones (excluding diaryl/α,β-unsaturated/α-hetero) is 1. The maximum Gasteiger partial charge on any atom is 0.312 e. The molecule has 3 heteroatoms. The fraction of sp³-hybridized carbons (Fsp3) is 0.818. The van der Waals surface area contributed by atoms with Crippen molar-refractivity contribution < 1.29 is 14.3 Å². The molecule has 0 N–H and O–H groups in total. The first-order valence-electron chi connectivity index (χ1n) is 5.29. The Kier molecular flexibility index (Phi) is 2.33. The molecule has 0 heterocycles. The van der Waals surface area contributed by atoms with E-state index in [1.807, 2.05) is 0 Å². The maximum absolute atomic E-state index is 11.7. The molecule has 0 bridgehead atoms. The van der Waals surface area contributed by atoms with Crippen LogP contribution in [-0.4, -0.2) is 18.9 Å². The van der Waals surface area contributed by atoms with Crippen LogP contribution >= 0.6 is 0 Å². The van der Waals surface area contributed by atoms with Crippen LogP contribution in [0.3, 0.4) is 0 Å². The minimum atomic E-state index is -0.440. The van der Waals surface area contributed by atoms with E-state index >= 15 is 0 Å². The van der Waals surface area contributed by atoms with Crippen molar-refractivity contribution in [3.05, 3.63) is 0 Å². The molecular weight excluding hydrogens is 180 g/mol. The van der Waals surface area contributed by atoms with Crippen LogP contribution in [-0.2, 0) is 14.3 Å². The molecule has 3 nitrogen and oxygen atoms in total. The molecule has 2 unspecified atom stereocenters. The van der Waals surface area contributed by atoms with Gasteiger partial charge >= 0.3 is 5.97 Å². The van der Waals surface area contributed by atoms with Crippen molar-refractivity contribution in [2.75, 3.05) is 7.11 Å². The van der Waals surface area contributed by atoms with Crippen molar-refractivity contribution in [1.82, 2.24) is 0 Å². The first-order valence-corrected chi connectivity index (χ1v) is 5.29. The molecule has 0 amide bonds. The van der Waals surface area contributed by atoms with Crippen molar-refractivity contribution in [2.45, 2.75) is 38.5 Å². The molecule has 0 spiro atoms. The van der Waals surface area contributed by atoms with Crippen LogP contribution in [0.5, 0.6) is 0 Å². The highest BCUT2D eigenvalue weighted by atomic mass is 16.5. The summed E-state index contributed by atoms with van der Waals surface area (Å²) in [5.41, 5.74) is -0.440. The van der Waals surface area contributed by atoms with E-state index in [2.05, 4.69) is 0 Å². The standard InChI is InChI=1S/C11H16O3/c1-14-10(13)11-5-3-2-4-8(11)6-9(12)7-11/h8H,2-7H2,1H3. The molecule has 0 aromatic rings. The summed E-state index contributed by atoms with van der Waals surface area (Å²) < 4.78 is 4.85. The summed E-state index contributed by atoms with van der Waals surface area (Å²) >= 11 is 0. The van der Waals surface area contributed by atoms with Crippen molar-refractivity contribution in [2.24, 2.45) is 11.3 Å². The number of ketones is 1. The van der Waals surface area contributed by atoms with Gasteiger partial charge in [0.15, 0.2) is 0 Å². The maximum atomic E-state index is 11.7. The van der Waals surface area contributed by atoms with Crippen LogP contribution in [0.1, 0.15) is 38.5 Å². The minimum absolute atomic E-state index is 0.159. The Balaban J connectivity index is 2.27. The normalized spacial score (nSPS) is 36.6. The van der Waals surface area contributed by atoms with E-state index in [9.17, 15) is 9.59 Å². The third-order valence-corrected chi connectivity index (χ3v) is 3.79. The predicted octanol–water partition coefficient (Wildman–Crippen LogP) is 1.70. The van der Waals surface area contributed by atoms with Crippen LogP contribution in [0.25, 0.3) is 0 Å². The topological polar surface area (TPSA) is 43.4 Å². The van der Waals surface area contributed by atoms with Gasteiger partial charge in [0.05, 0.1) is 12.5 Å². The molecule has 0 aromatic carbocycles. The summed E-state index contributed by atoms with van der Waals surface area (Å²) in [4.78, 5) is 23.2. The summed E-state index contributed by atoms with van der Waals surface area (Å²) in [6, 6.07) is 0. The third kappa shape index (κ3) is 1.26. The highest BCUT2D eigenvalue weighted by molar-refractivity contribution is 5.91. The Hall–Kier alpha value is -0.860. The lowest BCUT2D eigenvalue weighted by Crippen LogP contribution is -2.38. The van der Waals surface area contributed by atoms with Gasteiger partial charge in [0.2, 0.25) is 0 Å². The molecule has 0 radical (unpaired) electrons. The number of hydrogen-bond donors (Lipinski definition) is 0. The Morgan fingerprint density at radius 2 is 2.29 bits per heavy atom. The monoisotopic (exact) mass is 196 g/mol. The molecule has 0 saturated heterocycles. The summed E-state index contributed by atoms with van der Waals surface area (Å²) in [6.07, 6.45) is 5.08. The summed E-state index contributed by atoms with van der Waals surface area (Å²) in [6.45, 7) is 0. The highest BCUT2D eigenvalue weighted by Crippen LogP contribution is 2.51. The fourth-order valence-electron chi connectivity index (χ4n) is 3.08. The Morgan fingerprint density at radius 3 is 3.00 bits per heavy atom. The number of methoxy groups -OCH3 is 1. The predicted molar refractivity (Wildman–Crippen MR) is 50.6 cm³/mol. The second-order valence-corrected chi connectivity index (χ2v) is 4.51. The number of fused-ring (bicyclic) bond motifs is 1. The number of ether oxygens (including phenoxy) is 1. The molecule has 2 rings (SSSR count). The van der Waals surface area contributed by atoms with Gasteiger partial charge in [-0.25, -0.2) is 0 Å². The van der Waals surface area contributed by atoms with Crippen molar-refractivity contribution in [3.63, 3.8) is 0 Å². The second kappa shape index (κ2) is 3.37. The zero-order valence-corrected chi connectivity index (χ0v) is 8.54. The van der Waals surface area contributed by atoms with Gasteiger partial charge in [-0.2, -0.15) is 0 Å². The molecular formula is C11H16O3. The van der Waals surface area contributed by atoms with E-state index in [0.29, 0.717) is 12.8 Å². The summed E-state index contributed by atoms with van der Waals surface area (Å²) in [5.74, 6) is 0.339. The second-order valence-electron chi connectivity index (χ2n) is 4.51. The molecule has 2 aliphatic rings. The van der Waals surface area contributed by atoms with Gasteiger partial charge in [-0.05, 0) is 18.8 Å². The van der Waals surface area contributed by atoms with Gasteiger partial charge < -0.3 is 4.74 Å². The SMILES string of the molecule is COC(=O)C12CCCCC1CC(=O)C2. The third-order valence-electron chi connectivity index (χ3n) is 3.79. The molecule has 0 aliphatic heterocycles. The molecule has 2 aliphatic carbocycles. The first kappa shape index (κ1) is 9.69. The van der Waals surface area contributed by atoms with Crippen LogP contribution in [0.4, 0.5) is 0 Å². The lowest BCUT2D eigenvalue weighted by molar-refractivity contribution is -0.157. The highest BCUT2D eigenvalue weighted by Gasteiger charge is 2.53. The van der Waals surface area contributed by atoms with Gasteiger partial charge in [0.1, 0.15) is 5.78 Å². The molecule has 78 valence electrons. The number of carbonyl (C=O) groups is 2. The molecule has 2 atom stereocenters. The largest absolute Gasteiger partial charge is 0.469 e. The smallest absolute Gasteiger partial charge is 0.312 e. The zero-order valence-electron chi connectivity index (χ0n) is 8.54. The van der Waals surface area contributed by atoms with E-state index in [1.54, 1.807) is 0 Å². The Morgan fingerprint density at radius 1 is 1.50 bits per heavy atom. The van der Waals surface area contributed by atoms with Crippen LogP contribution in [0.15, 0.2) is 0 Å². The van der Waals surface area contributed by atoms with Crippen molar-refractivity contribution in [1.29, 1.82) is 0 Å². The van der Waals surface area contributed by atoms with Crippen LogP contribution in [0.2, 0.25) is 0 Å².